The lowest BCUT2D eigenvalue weighted by molar-refractivity contribution is -0.384. The number of likely N-dealkylation sites (tertiary alicyclic amines) is 1. The Morgan fingerprint density at radius 2 is 1.92 bits per heavy atom. The van der Waals surface area contributed by atoms with E-state index in [4.69, 9.17) is 0 Å². The van der Waals surface area contributed by atoms with E-state index in [1.165, 1.54) is 36.7 Å². The molecule has 0 radical (unpaired) electrons. The van der Waals surface area contributed by atoms with Crippen molar-refractivity contribution in [2.24, 2.45) is 5.92 Å². The quantitative estimate of drug-likeness (QED) is 0.458. The van der Waals surface area contributed by atoms with Crippen molar-refractivity contribution in [3.05, 3.63) is 34.4 Å². The zero-order valence-electron chi connectivity index (χ0n) is 14.5. The van der Waals surface area contributed by atoms with Crippen molar-refractivity contribution in [3.8, 4) is 0 Å². The summed E-state index contributed by atoms with van der Waals surface area (Å²) in [4.78, 5) is 25.8. The van der Waals surface area contributed by atoms with Crippen LogP contribution in [0.4, 0.5) is 5.69 Å². The van der Waals surface area contributed by atoms with Gasteiger partial charge in [-0.15, -0.1) is 11.8 Å². The number of carbonyl (C=O) groups is 1. The van der Waals surface area contributed by atoms with E-state index in [1.54, 1.807) is 12.1 Å². The number of hydrogen-bond acceptors (Lipinski definition) is 5. The lowest BCUT2D eigenvalue weighted by atomic mass is 10.0. The van der Waals surface area contributed by atoms with Gasteiger partial charge in [0.1, 0.15) is 0 Å². The van der Waals surface area contributed by atoms with Crippen molar-refractivity contribution in [2.45, 2.75) is 48.8 Å². The predicted octanol–water partition coefficient (Wildman–Crippen LogP) is 3.07. The Hall–Kier alpha value is -1.60. The number of piperidine rings is 1. The van der Waals surface area contributed by atoms with Gasteiger partial charge in [0.2, 0.25) is 5.91 Å². The zero-order valence-corrected chi connectivity index (χ0v) is 15.3. The number of thioether (sulfide) groups is 1. The van der Waals surface area contributed by atoms with Gasteiger partial charge in [-0.25, -0.2) is 0 Å². The first-order valence-electron chi connectivity index (χ1n) is 8.96. The van der Waals surface area contributed by atoms with Gasteiger partial charge >= 0.3 is 0 Å². The monoisotopic (exact) mass is 363 g/mol. The van der Waals surface area contributed by atoms with Gasteiger partial charge in [0, 0.05) is 36.2 Å². The molecule has 1 N–H and O–H groups in total. The number of carbonyl (C=O) groups excluding carboxylic acids is 1. The second-order valence-electron chi connectivity index (χ2n) is 6.96. The summed E-state index contributed by atoms with van der Waals surface area (Å²) in [5.74, 6) is 1.04. The number of nitrogens with one attached hydrogen (secondary N) is 1. The predicted molar refractivity (Wildman–Crippen MR) is 98.7 cm³/mol. The van der Waals surface area contributed by atoms with E-state index in [-0.39, 0.29) is 16.8 Å². The first-order chi connectivity index (χ1) is 12.0. The summed E-state index contributed by atoms with van der Waals surface area (Å²) in [6.45, 7) is 4.66. The zero-order chi connectivity index (χ0) is 17.8. The fourth-order valence-corrected chi connectivity index (χ4v) is 4.07. The van der Waals surface area contributed by atoms with Crippen LogP contribution in [0.2, 0.25) is 0 Å². The molecular weight excluding hydrogens is 338 g/mol. The average Bonchev–Trinajstić information content (AvgIpc) is 3.44. The van der Waals surface area contributed by atoms with E-state index in [0.29, 0.717) is 6.04 Å². The summed E-state index contributed by atoms with van der Waals surface area (Å²) in [6, 6.07) is 6.93. The fourth-order valence-electron chi connectivity index (χ4n) is 3.12. The molecule has 1 saturated heterocycles. The van der Waals surface area contributed by atoms with Gasteiger partial charge in [-0.05, 0) is 57.2 Å². The summed E-state index contributed by atoms with van der Waals surface area (Å²) in [5, 5.41) is 14.1. The van der Waals surface area contributed by atoms with Crippen molar-refractivity contribution in [1.29, 1.82) is 0 Å². The Morgan fingerprint density at radius 1 is 1.28 bits per heavy atom. The van der Waals surface area contributed by atoms with Gasteiger partial charge in [0.05, 0.1) is 10.2 Å². The van der Waals surface area contributed by atoms with Crippen LogP contribution in [0.25, 0.3) is 0 Å². The molecule has 1 heterocycles. The highest BCUT2D eigenvalue weighted by Crippen LogP contribution is 2.29. The lowest BCUT2D eigenvalue weighted by Gasteiger charge is -2.34. The van der Waals surface area contributed by atoms with Gasteiger partial charge in [-0.3, -0.25) is 14.9 Å². The molecule has 136 valence electrons. The molecular formula is C18H25N3O3S. The molecule has 1 saturated carbocycles. The maximum Gasteiger partial charge on any atom is 0.269 e. The summed E-state index contributed by atoms with van der Waals surface area (Å²) in [6.07, 6.45) is 4.77. The van der Waals surface area contributed by atoms with Crippen LogP contribution in [0, 0.1) is 16.0 Å². The molecule has 25 heavy (non-hydrogen) atoms. The maximum atomic E-state index is 12.6. The van der Waals surface area contributed by atoms with E-state index in [0.717, 1.165) is 43.3 Å². The number of amides is 1. The van der Waals surface area contributed by atoms with Crippen molar-refractivity contribution in [3.63, 3.8) is 0 Å². The van der Waals surface area contributed by atoms with Crippen LogP contribution in [-0.4, -0.2) is 46.7 Å². The molecule has 0 aromatic heterocycles. The van der Waals surface area contributed by atoms with Gasteiger partial charge in [-0.1, -0.05) is 0 Å². The van der Waals surface area contributed by atoms with E-state index in [1.807, 2.05) is 11.8 Å². The van der Waals surface area contributed by atoms with Gasteiger partial charge in [0.25, 0.3) is 5.69 Å². The third-order valence-electron chi connectivity index (χ3n) is 4.91. The average molecular weight is 363 g/mol. The molecule has 1 amide bonds. The van der Waals surface area contributed by atoms with E-state index in [9.17, 15) is 14.9 Å². The van der Waals surface area contributed by atoms with Crippen molar-refractivity contribution in [1.82, 2.24) is 10.2 Å². The van der Waals surface area contributed by atoms with Crippen molar-refractivity contribution < 1.29 is 9.72 Å². The molecule has 0 spiro atoms. The number of nitrogens with zero attached hydrogens (tertiary/aromatic N) is 2. The third kappa shape index (κ3) is 5.19. The highest BCUT2D eigenvalue weighted by Gasteiger charge is 2.28. The van der Waals surface area contributed by atoms with E-state index in [2.05, 4.69) is 5.32 Å². The number of benzene rings is 1. The molecule has 0 bridgehead atoms. The van der Waals surface area contributed by atoms with Crippen LogP contribution in [0.3, 0.4) is 0 Å². The van der Waals surface area contributed by atoms with Crippen LogP contribution >= 0.6 is 11.8 Å². The van der Waals surface area contributed by atoms with Gasteiger partial charge in [-0.2, -0.15) is 0 Å². The lowest BCUT2D eigenvalue weighted by Crippen LogP contribution is -2.47. The summed E-state index contributed by atoms with van der Waals surface area (Å²) >= 11 is 1.46. The molecule has 1 atom stereocenters. The summed E-state index contributed by atoms with van der Waals surface area (Å²) < 4.78 is 0. The normalized spacial score (nSPS) is 19.6. The maximum absolute atomic E-state index is 12.6. The first kappa shape index (κ1) is 18.2. The second-order valence-corrected chi connectivity index (χ2v) is 8.38. The molecule has 3 rings (SSSR count). The Labute approximate surface area is 152 Å². The molecule has 1 aromatic rings. The van der Waals surface area contributed by atoms with Crippen molar-refractivity contribution >= 4 is 23.4 Å². The number of hydrogen-bond donors (Lipinski definition) is 1. The second kappa shape index (κ2) is 8.19. The summed E-state index contributed by atoms with van der Waals surface area (Å²) in [7, 11) is 0. The smallest absolute Gasteiger partial charge is 0.269 e. The van der Waals surface area contributed by atoms with Crippen LogP contribution in [-0.2, 0) is 4.79 Å². The molecule has 7 heteroatoms. The van der Waals surface area contributed by atoms with Crippen LogP contribution in [0.1, 0.15) is 32.6 Å². The van der Waals surface area contributed by atoms with Gasteiger partial charge in [0.15, 0.2) is 0 Å². The highest BCUT2D eigenvalue weighted by atomic mass is 32.2. The van der Waals surface area contributed by atoms with Gasteiger partial charge < -0.3 is 10.2 Å². The minimum atomic E-state index is -0.412. The molecule has 1 aliphatic heterocycles. The molecule has 2 aliphatic rings. The largest absolute Gasteiger partial charge is 0.342 e. The van der Waals surface area contributed by atoms with Crippen LogP contribution < -0.4 is 5.32 Å². The molecule has 2 fully saturated rings. The van der Waals surface area contributed by atoms with E-state index < -0.39 is 4.92 Å². The standard InChI is InChI=1S/C18H25N3O3S/c1-13(25-17-6-4-16(5-7-17)21(23)24)18(22)20-10-8-15(9-11-20)19-12-14-2-3-14/h4-7,13-15,19H,2-3,8-12H2,1H3. The third-order valence-corrected chi connectivity index (χ3v) is 6.01. The Bertz CT molecular complexity index is 610. The molecule has 1 aromatic carbocycles. The number of non-ortho nitro benzene ring substituents is 1. The van der Waals surface area contributed by atoms with Crippen LogP contribution in [0.5, 0.6) is 0 Å². The highest BCUT2D eigenvalue weighted by molar-refractivity contribution is 8.00. The minimum Gasteiger partial charge on any atom is -0.342 e. The Morgan fingerprint density at radius 3 is 2.48 bits per heavy atom. The SMILES string of the molecule is CC(Sc1ccc([N+](=O)[O-])cc1)C(=O)N1CCC(NCC2CC2)CC1. The summed E-state index contributed by atoms with van der Waals surface area (Å²) in [5.41, 5.74) is 0.0732. The first-order valence-corrected chi connectivity index (χ1v) is 9.84. The van der Waals surface area contributed by atoms with E-state index >= 15 is 0 Å². The number of rotatable bonds is 7. The Kier molecular flexibility index (Phi) is 5.96. The topological polar surface area (TPSA) is 75.5 Å². The molecule has 1 unspecified atom stereocenters. The van der Waals surface area contributed by atoms with Crippen molar-refractivity contribution in [2.75, 3.05) is 19.6 Å². The van der Waals surface area contributed by atoms with Crippen LogP contribution in [0.15, 0.2) is 29.2 Å². The molecule has 1 aliphatic carbocycles. The number of nitro benzene ring substituents is 1. The fraction of sp³-hybridized carbons (Fsp3) is 0.611. The number of nitro groups is 1. The Balaban J connectivity index is 1.44. The minimum absolute atomic E-state index is 0.0732. The molecule has 6 nitrogen and oxygen atoms in total.